The van der Waals surface area contributed by atoms with Gasteiger partial charge in [-0.05, 0) is 31.5 Å². The monoisotopic (exact) mass is 393 g/mol. The first-order valence-electron chi connectivity index (χ1n) is 7.33. The molecule has 0 radical (unpaired) electrons. The summed E-state index contributed by atoms with van der Waals surface area (Å²) < 4.78 is 7.85. The zero-order chi connectivity index (χ0) is 16.4. The average Bonchev–Trinajstić information content (AvgIpc) is 2.95. The third kappa shape index (κ3) is 3.50. The van der Waals surface area contributed by atoms with E-state index >= 15 is 0 Å². The number of fused-ring (bicyclic) bond motifs is 1. The molecule has 7 heteroatoms. The maximum absolute atomic E-state index is 12.8. The molecule has 0 bridgehead atoms. The van der Waals surface area contributed by atoms with Crippen molar-refractivity contribution in [1.29, 1.82) is 0 Å². The number of rotatable bonds is 5. The number of nitrogens with zero attached hydrogens (tertiary/aromatic N) is 3. The molecule has 120 valence electrons. The first kappa shape index (κ1) is 16.3. The van der Waals surface area contributed by atoms with Crippen LogP contribution in [0.4, 0.5) is 0 Å². The van der Waals surface area contributed by atoms with E-state index in [-0.39, 0.29) is 5.56 Å². The number of hydrogen-bond acceptors (Lipinski definition) is 5. The molecule has 0 unspecified atom stereocenters. The van der Waals surface area contributed by atoms with Gasteiger partial charge in [-0.3, -0.25) is 9.36 Å². The lowest BCUT2D eigenvalue weighted by Crippen LogP contribution is -2.23. The van der Waals surface area contributed by atoms with Gasteiger partial charge in [0.1, 0.15) is 5.76 Å². The van der Waals surface area contributed by atoms with Gasteiger partial charge in [-0.2, -0.15) is 0 Å². The van der Waals surface area contributed by atoms with Crippen LogP contribution in [0, 0.1) is 6.92 Å². The van der Waals surface area contributed by atoms with Crippen LogP contribution in [0.15, 0.2) is 43.2 Å². The van der Waals surface area contributed by atoms with Crippen molar-refractivity contribution in [1.82, 2.24) is 14.7 Å². The fourth-order valence-corrected chi connectivity index (χ4v) is 3.59. The molecule has 2 aromatic heterocycles. The number of halogens is 1. The summed E-state index contributed by atoms with van der Waals surface area (Å²) in [5.74, 6) is 1.37. The Balaban J connectivity index is 2.01. The van der Waals surface area contributed by atoms with Gasteiger partial charge in [0.15, 0.2) is 5.16 Å². The molecule has 0 atom stereocenters. The van der Waals surface area contributed by atoms with E-state index < -0.39 is 0 Å². The maximum Gasteiger partial charge on any atom is 0.262 e. The van der Waals surface area contributed by atoms with Crippen molar-refractivity contribution in [2.24, 2.45) is 0 Å². The highest BCUT2D eigenvalue weighted by atomic mass is 79.9. The van der Waals surface area contributed by atoms with Gasteiger partial charge in [0.25, 0.3) is 5.56 Å². The summed E-state index contributed by atoms with van der Waals surface area (Å²) >= 11 is 4.90. The first-order valence-corrected chi connectivity index (χ1v) is 9.11. The second kappa shape index (κ2) is 6.88. The summed E-state index contributed by atoms with van der Waals surface area (Å²) in [6.07, 6.45) is 0.871. The van der Waals surface area contributed by atoms with Gasteiger partial charge >= 0.3 is 0 Å². The zero-order valence-electron chi connectivity index (χ0n) is 12.9. The quantitative estimate of drug-likeness (QED) is 0.481. The van der Waals surface area contributed by atoms with Crippen LogP contribution < -0.4 is 5.56 Å². The summed E-state index contributed by atoms with van der Waals surface area (Å²) in [4.78, 5) is 17.4. The number of benzene rings is 1. The topological polar surface area (TPSA) is 60.9 Å². The third-order valence-corrected chi connectivity index (χ3v) is 4.84. The van der Waals surface area contributed by atoms with E-state index in [1.807, 2.05) is 38.1 Å². The van der Waals surface area contributed by atoms with E-state index in [1.165, 1.54) is 11.8 Å². The average molecular weight is 394 g/mol. The Bertz CT molecular complexity index is 904. The van der Waals surface area contributed by atoms with Gasteiger partial charge in [0, 0.05) is 17.1 Å². The Morgan fingerprint density at radius 2 is 2.17 bits per heavy atom. The molecule has 2 heterocycles. The SMILES string of the molecule is CCCn1c(SCc2cc(C)no2)nc2ccc(Br)cc2c1=O. The molecule has 0 fully saturated rings. The van der Waals surface area contributed by atoms with Gasteiger partial charge in [-0.25, -0.2) is 4.98 Å². The molecule has 0 aliphatic carbocycles. The minimum atomic E-state index is -0.00518. The van der Waals surface area contributed by atoms with E-state index in [2.05, 4.69) is 26.1 Å². The molecular formula is C16H16BrN3O2S. The fraction of sp³-hybridized carbons (Fsp3) is 0.312. The molecule has 0 aliphatic rings. The predicted octanol–water partition coefficient (Wildman–Crippen LogP) is 4.16. The molecule has 3 rings (SSSR count). The lowest BCUT2D eigenvalue weighted by Gasteiger charge is -2.11. The summed E-state index contributed by atoms with van der Waals surface area (Å²) in [5, 5.41) is 5.22. The van der Waals surface area contributed by atoms with Gasteiger partial charge in [0.2, 0.25) is 0 Å². The fourth-order valence-electron chi connectivity index (χ4n) is 2.32. The van der Waals surface area contributed by atoms with E-state index in [9.17, 15) is 4.79 Å². The lowest BCUT2D eigenvalue weighted by atomic mass is 10.2. The lowest BCUT2D eigenvalue weighted by molar-refractivity contribution is 0.391. The van der Waals surface area contributed by atoms with Crippen molar-refractivity contribution in [2.45, 2.75) is 37.7 Å². The van der Waals surface area contributed by atoms with Crippen molar-refractivity contribution in [3.05, 3.63) is 50.5 Å². The molecular weight excluding hydrogens is 378 g/mol. The Morgan fingerprint density at radius 3 is 2.87 bits per heavy atom. The minimum absolute atomic E-state index is 0.00518. The van der Waals surface area contributed by atoms with Crippen LogP contribution in [0.2, 0.25) is 0 Å². The van der Waals surface area contributed by atoms with Crippen molar-refractivity contribution < 1.29 is 4.52 Å². The van der Waals surface area contributed by atoms with Gasteiger partial charge in [0.05, 0.1) is 22.3 Å². The molecule has 3 aromatic rings. The van der Waals surface area contributed by atoms with Gasteiger partial charge in [-0.1, -0.05) is 39.8 Å². The highest BCUT2D eigenvalue weighted by molar-refractivity contribution is 9.10. The second-order valence-electron chi connectivity index (χ2n) is 5.24. The van der Waals surface area contributed by atoms with E-state index in [0.29, 0.717) is 28.4 Å². The van der Waals surface area contributed by atoms with Crippen LogP contribution in [-0.4, -0.2) is 14.7 Å². The largest absolute Gasteiger partial charge is 0.360 e. The minimum Gasteiger partial charge on any atom is -0.360 e. The predicted molar refractivity (Wildman–Crippen MR) is 94.8 cm³/mol. The molecule has 0 amide bonds. The maximum atomic E-state index is 12.8. The summed E-state index contributed by atoms with van der Waals surface area (Å²) in [7, 11) is 0. The van der Waals surface area contributed by atoms with Gasteiger partial charge in [-0.15, -0.1) is 0 Å². The van der Waals surface area contributed by atoms with Crippen LogP contribution in [0.1, 0.15) is 24.8 Å². The van der Waals surface area contributed by atoms with Crippen LogP contribution in [0.5, 0.6) is 0 Å². The van der Waals surface area contributed by atoms with Crippen LogP contribution >= 0.6 is 27.7 Å². The molecule has 0 aliphatic heterocycles. The van der Waals surface area contributed by atoms with E-state index in [0.717, 1.165) is 22.3 Å². The van der Waals surface area contributed by atoms with E-state index in [4.69, 9.17) is 4.52 Å². The molecule has 0 N–H and O–H groups in total. The van der Waals surface area contributed by atoms with Gasteiger partial charge < -0.3 is 4.52 Å². The summed E-state index contributed by atoms with van der Waals surface area (Å²) in [5.41, 5.74) is 1.55. The highest BCUT2D eigenvalue weighted by Crippen LogP contribution is 2.24. The molecule has 0 spiro atoms. The van der Waals surface area contributed by atoms with E-state index in [1.54, 1.807) is 4.57 Å². The zero-order valence-corrected chi connectivity index (χ0v) is 15.3. The Hall–Kier alpha value is -1.60. The van der Waals surface area contributed by atoms with Crippen LogP contribution in [0.3, 0.4) is 0 Å². The Labute approximate surface area is 146 Å². The standard InChI is InChI=1S/C16H16BrN3O2S/c1-3-6-20-15(21)13-8-11(17)4-5-14(13)18-16(20)23-9-12-7-10(2)19-22-12/h4-5,7-8H,3,6,9H2,1-2H3. The third-order valence-electron chi connectivity index (χ3n) is 3.35. The first-order chi connectivity index (χ1) is 11.1. The number of aromatic nitrogens is 3. The number of thioether (sulfide) groups is 1. The highest BCUT2D eigenvalue weighted by Gasteiger charge is 2.12. The number of hydrogen-bond donors (Lipinski definition) is 0. The summed E-state index contributed by atoms with van der Waals surface area (Å²) in [6.45, 7) is 4.58. The molecule has 1 aromatic carbocycles. The molecule has 0 saturated carbocycles. The molecule has 5 nitrogen and oxygen atoms in total. The van der Waals surface area contributed by atoms with Crippen LogP contribution in [-0.2, 0) is 12.3 Å². The van der Waals surface area contributed by atoms with Crippen LogP contribution in [0.25, 0.3) is 10.9 Å². The Kier molecular flexibility index (Phi) is 4.87. The smallest absolute Gasteiger partial charge is 0.262 e. The molecule has 0 saturated heterocycles. The molecule has 23 heavy (non-hydrogen) atoms. The van der Waals surface area contributed by atoms with Crippen molar-refractivity contribution in [3.8, 4) is 0 Å². The second-order valence-corrected chi connectivity index (χ2v) is 7.09. The van der Waals surface area contributed by atoms with Crippen molar-refractivity contribution in [3.63, 3.8) is 0 Å². The number of aryl methyl sites for hydroxylation is 1. The normalized spacial score (nSPS) is 11.3. The van der Waals surface area contributed by atoms with Crippen molar-refractivity contribution in [2.75, 3.05) is 0 Å². The summed E-state index contributed by atoms with van der Waals surface area (Å²) in [6, 6.07) is 7.48. The Morgan fingerprint density at radius 1 is 1.35 bits per heavy atom. The van der Waals surface area contributed by atoms with Crippen molar-refractivity contribution >= 4 is 38.6 Å².